The molecule has 1 aromatic carbocycles. The van der Waals surface area contributed by atoms with E-state index in [0.29, 0.717) is 6.61 Å². The van der Waals surface area contributed by atoms with Crippen molar-refractivity contribution in [1.29, 1.82) is 0 Å². The topological polar surface area (TPSA) is 55.8 Å². The van der Waals surface area contributed by atoms with Gasteiger partial charge in [0.1, 0.15) is 12.3 Å². The number of carbonyl (C=O) groups is 2. The SMILES string of the molecule is CCOC(=O)CN(C)C(=O)Cc1ccc(C)c(OC)c1. The van der Waals surface area contributed by atoms with Crippen LogP contribution in [0.15, 0.2) is 18.2 Å². The molecule has 5 nitrogen and oxygen atoms in total. The van der Waals surface area contributed by atoms with E-state index in [-0.39, 0.29) is 18.9 Å². The Morgan fingerprint density at radius 1 is 1.30 bits per heavy atom. The third kappa shape index (κ3) is 4.57. The Morgan fingerprint density at radius 3 is 2.60 bits per heavy atom. The molecule has 1 amide bonds. The number of benzene rings is 1. The Bertz CT molecular complexity index is 485. The summed E-state index contributed by atoms with van der Waals surface area (Å²) in [4.78, 5) is 24.7. The van der Waals surface area contributed by atoms with Gasteiger partial charge in [-0.15, -0.1) is 0 Å². The number of rotatable bonds is 6. The van der Waals surface area contributed by atoms with Gasteiger partial charge in [-0.05, 0) is 31.0 Å². The van der Waals surface area contributed by atoms with Crippen LogP contribution in [0.3, 0.4) is 0 Å². The molecule has 1 rings (SSSR count). The number of nitrogens with zero attached hydrogens (tertiary/aromatic N) is 1. The first-order valence-corrected chi connectivity index (χ1v) is 6.51. The van der Waals surface area contributed by atoms with E-state index in [2.05, 4.69) is 0 Å². The van der Waals surface area contributed by atoms with Gasteiger partial charge in [0, 0.05) is 7.05 Å². The van der Waals surface area contributed by atoms with Gasteiger partial charge in [0.2, 0.25) is 5.91 Å². The quantitative estimate of drug-likeness (QED) is 0.742. The Labute approximate surface area is 119 Å². The zero-order valence-electron chi connectivity index (χ0n) is 12.4. The van der Waals surface area contributed by atoms with Crippen molar-refractivity contribution in [3.8, 4) is 5.75 Å². The van der Waals surface area contributed by atoms with Crippen LogP contribution in [0.4, 0.5) is 0 Å². The molecule has 0 unspecified atom stereocenters. The van der Waals surface area contributed by atoms with Gasteiger partial charge in [-0.2, -0.15) is 0 Å². The number of methoxy groups -OCH3 is 1. The van der Waals surface area contributed by atoms with E-state index < -0.39 is 5.97 Å². The maximum absolute atomic E-state index is 12.0. The fraction of sp³-hybridized carbons (Fsp3) is 0.467. The highest BCUT2D eigenvalue weighted by Gasteiger charge is 2.14. The molecule has 0 aliphatic rings. The first kappa shape index (κ1) is 16.0. The number of ether oxygens (including phenoxy) is 2. The average Bonchev–Trinajstić information content (AvgIpc) is 2.41. The van der Waals surface area contributed by atoms with Crippen LogP contribution in [0.2, 0.25) is 0 Å². The third-order valence-corrected chi connectivity index (χ3v) is 2.93. The first-order chi connectivity index (χ1) is 9.47. The second-order valence-electron chi connectivity index (χ2n) is 4.54. The van der Waals surface area contributed by atoms with Crippen molar-refractivity contribution in [3.05, 3.63) is 29.3 Å². The smallest absolute Gasteiger partial charge is 0.325 e. The molecule has 0 saturated carbocycles. The number of hydrogen-bond donors (Lipinski definition) is 0. The van der Waals surface area contributed by atoms with Gasteiger partial charge in [-0.3, -0.25) is 9.59 Å². The van der Waals surface area contributed by atoms with E-state index in [1.807, 2.05) is 25.1 Å². The maximum Gasteiger partial charge on any atom is 0.325 e. The molecule has 0 aliphatic carbocycles. The summed E-state index contributed by atoms with van der Waals surface area (Å²) in [6.07, 6.45) is 0.229. The lowest BCUT2D eigenvalue weighted by molar-refractivity contribution is -0.147. The molecule has 0 atom stereocenters. The summed E-state index contributed by atoms with van der Waals surface area (Å²) in [5.41, 5.74) is 1.87. The summed E-state index contributed by atoms with van der Waals surface area (Å²) in [6, 6.07) is 5.63. The van der Waals surface area contributed by atoms with Crippen LogP contribution in [0.5, 0.6) is 5.75 Å². The molecule has 0 spiro atoms. The molecule has 5 heteroatoms. The fourth-order valence-corrected chi connectivity index (χ4v) is 1.77. The normalized spacial score (nSPS) is 10.0. The molecule has 0 aliphatic heterocycles. The summed E-state index contributed by atoms with van der Waals surface area (Å²) in [5, 5.41) is 0. The van der Waals surface area contributed by atoms with Crippen LogP contribution in [0.1, 0.15) is 18.1 Å². The largest absolute Gasteiger partial charge is 0.496 e. The lowest BCUT2D eigenvalue weighted by atomic mass is 10.1. The number of aryl methyl sites for hydroxylation is 1. The van der Waals surface area contributed by atoms with Gasteiger partial charge in [0.05, 0.1) is 20.1 Å². The first-order valence-electron chi connectivity index (χ1n) is 6.51. The molecule has 1 aromatic rings. The van der Waals surface area contributed by atoms with Gasteiger partial charge in [0.25, 0.3) is 0 Å². The van der Waals surface area contributed by atoms with Crippen LogP contribution in [0, 0.1) is 6.92 Å². The van der Waals surface area contributed by atoms with Crippen LogP contribution in [0.25, 0.3) is 0 Å². The summed E-state index contributed by atoms with van der Waals surface area (Å²) in [7, 11) is 3.19. The Kier molecular flexibility index (Phi) is 6.03. The lowest BCUT2D eigenvalue weighted by Crippen LogP contribution is -2.34. The molecule has 0 saturated heterocycles. The van der Waals surface area contributed by atoms with Gasteiger partial charge < -0.3 is 14.4 Å². The molecule has 0 aromatic heterocycles. The number of hydrogen-bond acceptors (Lipinski definition) is 4. The molecule has 0 radical (unpaired) electrons. The van der Waals surface area contributed by atoms with E-state index >= 15 is 0 Å². The molecular weight excluding hydrogens is 258 g/mol. The van der Waals surface area contributed by atoms with E-state index in [1.165, 1.54) is 4.90 Å². The number of esters is 1. The van der Waals surface area contributed by atoms with Crippen molar-refractivity contribution >= 4 is 11.9 Å². The van der Waals surface area contributed by atoms with Gasteiger partial charge >= 0.3 is 5.97 Å². The lowest BCUT2D eigenvalue weighted by Gasteiger charge is -2.16. The predicted molar refractivity (Wildman–Crippen MR) is 75.7 cm³/mol. The van der Waals surface area contributed by atoms with E-state index in [1.54, 1.807) is 21.1 Å². The Morgan fingerprint density at radius 2 is 2.00 bits per heavy atom. The van der Waals surface area contributed by atoms with Crippen LogP contribution >= 0.6 is 0 Å². The minimum Gasteiger partial charge on any atom is -0.496 e. The Hall–Kier alpha value is -2.04. The van der Waals surface area contributed by atoms with Crippen molar-refractivity contribution in [2.75, 3.05) is 27.3 Å². The Balaban J connectivity index is 2.63. The molecule has 0 bridgehead atoms. The number of likely N-dealkylation sites (N-methyl/N-ethyl adjacent to an activating group) is 1. The van der Waals surface area contributed by atoms with Gasteiger partial charge in [-0.25, -0.2) is 0 Å². The van der Waals surface area contributed by atoms with Crippen molar-refractivity contribution in [3.63, 3.8) is 0 Å². The van der Waals surface area contributed by atoms with Crippen LogP contribution in [-0.2, 0) is 20.7 Å². The van der Waals surface area contributed by atoms with E-state index in [9.17, 15) is 9.59 Å². The van der Waals surface area contributed by atoms with Gasteiger partial charge in [-0.1, -0.05) is 12.1 Å². The third-order valence-electron chi connectivity index (χ3n) is 2.93. The molecule has 20 heavy (non-hydrogen) atoms. The molecular formula is C15H21NO4. The number of amides is 1. The summed E-state index contributed by atoms with van der Waals surface area (Å²) < 4.78 is 10.0. The van der Waals surface area contributed by atoms with E-state index in [0.717, 1.165) is 16.9 Å². The molecule has 0 heterocycles. The summed E-state index contributed by atoms with van der Waals surface area (Å²) >= 11 is 0. The van der Waals surface area contributed by atoms with Crippen molar-refractivity contribution in [1.82, 2.24) is 4.90 Å². The highest BCUT2D eigenvalue weighted by molar-refractivity contribution is 5.83. The number of carbonyl (C=O) groups excluding carboxylic acids is 2. The molecule has 0 N–H and O–H groups in total. The zero-order valence-corrected chi connectivity index (χ0v) is 12.4. The summed E-state index contributed by atoms with van der Waals surface area (Å²) in [5.74, 6) is 0.220. The predicted octanol–water partition coefficient (Wildman–Crippen LogP) is 1.57. The van der Waals surface area contributed by atoms with Crippen molar-refractivity contribution in [2.24, 2.45) is 0 Å². The highest BCUT2D eigenvalue weighted by Crippen LogP contribution is 2.19. The standard InChI is InChI=1S/C15H21NO4/c1-5-20-15(18)10-16(3)14(17)9-12-7-6-11(2)13(8-12)19-4/h6-8H,5,9-10H2,1-4H3. The minimum absolute atomic E-state index is 0.0321. The summed E-state index contributed by atoms with van der Waals surface area (Å²) in [6.45, 7) is 3.96. The maximum atomic E-state index is 12.0. The monoisotopic (exact) mass is 279 g/mol. The average molecular weight is 279 g/mol. The van der Waals surface area contributed by atoms with E-state index in [4.69, 9.17) is 9.47 Å². The molecule has 110 valence electrons. The van der Waals surface area contributed by atoms with Crippen molar-refractivity contribution in [2.45, 2.75) is 20.3 Å². The second kappa shape index (κ2) is 7.53. The van der Waals surface area contributed by atoms with Crippen LogP contribution < -0.4 is 4.74 Å². The van der Waals surface area contributed by atoms with Gasteiger partial charge in [0.15, 0.2) is 0 Å². The van der Waals surface area contributed by atoms with Crippen molar-refractivity contribution < 1.29 is 19.1 Å². The zero-order chi connectivity index (χ0) is 15.1. The fourth-order valence-electron chi connectivity index (χ4n) is 1.77. The second-order valence-corrected chi connectivity index (χ2v) is 4.54. The van der Waals surface area contributed by atoms with Crippen LogP contribution in [-0.4, -0.2) is 44.1 Å². The highest BCUT2D eigenvalue weighted by atomic mass is 16.5. The molecule has 0 fully saturated rings. The minimum atomic E-state index is -0.398.